The molecule has 2 bridgehead atoms. The van der Waals surface area contributed by atoms with Crippen molar-refractivity contribution >= 4 is 39.4 Å². The minimum atomic E-state index is -4.60. The van der Waals surface area contributed by atoms with Crippen LogP contribution in [0.5, 0.6) is 5.75 Å². The summed E-state index contributed by atoms with van der Waals surface area (Å²) in [7, 11) is -3.09. The van der Waals surface area contributed by atoms with Crippen LogP contribution in [0.4, 0.5) is 13.2 Å². The maximum absolute atomic E-state index is 15.8. The van der Waals surface area contributed by atoms with Crippen LogP contribution in [0, 0.1) is 17.5 Å². The summed E-state index contributed by atoms with van der Waals surface area (Å²) in [6, 6.07) is 11.2. The van der Waals surface area contributed by atoms with Crippen molar-refractivity contribution in [3.05, 3.63) is 100 Å². The second-order valence-corrected chi connectivity index (χ2v) is 17.7. The number of rotatable bonds is 15. The molecule has 0 amide bonds. The van der Waals surface area contributed by atoms with Crippen molar-refractivity contribution in [1.29, 1.82) is 0 Å². The van der Waals surface area contributed by atoms with Gasteiger partial charge in [0.2, 0.25) is 10.0 Å². The van der Waals surface area contributed by atoms with Crippen LogP contribution in [-0.4, -0.2) is 108 Å². The Morgan fingerprint density at radius 1 is 1.06 bits per heavy atom. The summed E-state index contributed by atoms with van der Waals surface area (Å²) in [6.07, 6.45) is 2.05. The fraction of sp³-hybridized carbons (Fsp3) is 0.421. The molecule has 1 aromatic heterocycles. The second-order valence-electron chi connectivity index (χ2n) is 14.4. The van der Waals surface area contributed by atoms with E-state index in [1.807, 2.05) is 26.0 Å². The van der Waals surface area contributed by atoms with Gasteiger partial charge in [-0.25, -0.2) is 26.6 Å². The molecule has 1 unspecified atom stereocenters. The number of aromatic nitrogens is 2. The summed E-state index contributed by atoms with van der Waals surface area (Å²) in [4.78, 5) is 18.4. The molecule has 1 atom stereocenters. The van der Waals surface area contributed by atoms with Gasteiger partial charge in [-0.3, -0.25) is 14.3 Å². The molecule has 54 heavy (non-hydrogen) atoms. The molecule has 0 radical (unpaired) electrons. The lowest BCUT2D eigenvalue weighted by atomic mass is 9.81. The number of aliphatic carboxylic acids is 1. The van der Waals surface area contributed by atoms with Gasteiger partial charge in [0.25, 0.3) is 0 Å². The Kier molecular flexibility index (Phi) is 11.8. The minimum absolute atomic E-state index is 0.103. The van der Waals surface area contributed by atoms with Gasteiger partial charge >= 0.3 is 5.97 Å². The van der Waals surface area contributed by atoms with Gasteiger partial charge in [0.05, 0.1) is 55.1 Å². The van der Waals surface area contributed by atoms with E-state index in [0.29, 0.717) is 40.3 Å². The van der Waals surface area contributed by atoms with E-state index in [-0.39, 0.29) is 17.9 Å². The lowest BCUT2D eigenvalue weighted by molar-refractivity contribution is -0.941. The first-order chi connectivity index (χ1) is 25.6. The average molecular weight is 807 g/mol. The summed E-state index contributed by atoms with van der Waals surface area (Å²) in [5.74, 6) is -3.78. The highest BCUT2D eigenvalue weighted by Gasteiger charge is 2.40. The fourth-order valence-electron chi connectivity index (χ4n) is 7.33. The molecular formula is C38H44ClF3N5O5S2+. The molecule has 0 spiro atoms. The molecule has 3 aliphatic heterocycles. The van der Waals surface area contributed by atoms with Crippen LogP contribution >= 0.6 is 23.4 Å². The number of hydrogen-bond donors (Lipinski definition) is 1. The van der Waals surface area contributed by atoms with Gasteiger partial charge in [0.15, 0.2) is 5.16 Å². The number of methoxy groups -OCH3 is 1. The number of halogens is 4. The molecule has 1 N–H and O–H groups in total. The normalized spacial score (nSPS) is 19.3. The van der Waals surface area contributed by atoms with Gasteiger partial charge < -0.3 is 14.3 Å². The largest absolute Gasteiger partial charge is 0.495 e. The third kappa shape index (κ3) is 8.03. The van der Waals surface area contributed by atoms with E-state index in [1.54, 1.807) is 29.0 Å². The highest BCUT2D eigenvalue weighted by Crippen LogP contribution is 2.40. The Morgan fingerprint density at radius 3 is 2.28 bits per heavy atom. The Labute approximate surface area is 323 Å². The van der Waals surface area contributed by atoms with Gasteiger partial charge in [-0.05, 0) is 61.0 Å². The maximum Gasteiger partial charge on any atom is 0.321 e. The zero-order valence-electron chi connectivity index (χ0n) is 30.6. The molecule has 16 heteroatoms. The van der Waals surface area contributed by atoms with Crippen molar-refractivity contribution in [3.8, 4) is 11.4 Å². The zero-order chi connectivity index (χ0) is 39.0. The van der Waals surface area contributed by atoms with Crippen LogP contribution in [0.25, 0.3) is 5.69 Å². The lowest BCUT2D eigenvalue weighted by Gasteiger charge is -2.50. The van der Waals surface area contributed by atoms with E-state index in [9.17, 15) is 22.7 Å². The first-order valence-corrected chi connectivity index (χ1v) is 20.5. The predicted molar refractivity (Wildman–Crippen MR) is 201 cm³/mol. The van der Waals surface area contributed by atoms with Crippen molar-refractivity contribution in [1.82, 2.24) is 18.8 Å². The number of piperazine rings is 3. The third-order valence-corrected chi connectivity index (χ3v) is 14.1. The number of carboxylic acid groups (broad SMARTS) is 1. The Balaban J connectivity index is 1.26. The van der Waals surface area contributed by atoms with Crippen molar-refractivity contribution < 1.29 is 40.7 Å². The van der Waals surface area contributed by atoms with E-state index in [4.69, 9.17) is 16.3 Å². The van der Waals surface area contributed by atoms with Crippen molar-refractivity contribution in [2.75, 3.05) is 59.5 Å². The molecule has 0 aliphatic carbocycles. The molecule has 3 saturated heterocycles. The maximum atomic E-state index is 15.8. The molecular weight excluding hydrogens is 763 g/mol. The number of ether oxygens (including phenoxy) is 1. The smallest absolute Gasteiger partial charge is 0.321 e. The van der Waals surface area contributed by atoms with Gasteiger partial charge in [0.1, 0.15) is 29.2 Å². The lowest BCUT2D eigenvalue weighted by Crippen LogP contribution is -2.67. The summed E-state index contributed by atoms with van der Waals surface area (Å²) < 4.78 is 82.2. The minimum Gasteiger partial charge on any atom is -0.495 e. The topological polar surface area (TPSA) is 105 Å². The van der Waals surface area contributed by atoms with E-state index < -0.39 is 49.8 Å². The number of nitrogens with zero attached hydrogens (tertiary/aromatic N) is 5. The summed E-state index contributed by atoms with van der Waals surface area (Å²) in [5.41, 5.74) is 0.984. The van der Waals surface area contributed by atoms with Crippen molar-refractivity contribution in [2.24, 2.45) is 0 Å². The summed E-state index contributed by atoms with van der Waals surface area (Å²) in [5, 5.41) is 10.6. The number of carboxylic acids is 1. The molecule has 10 nitrogen and oxygen atoms in total. The molecule has 3 aliphatic rings. The SMILES string of the molecule is COc1cc(C(C)(C)c2cnc(SCc3c(F)cc(S(=O)(=O)N(CCC[N+]45CCN(CC4)CC5)C(C)C(=O)O)cc3F)n2-c2ccc(F)cc2)ccc1Cl. The molecule has 0 saturated carbocycles. The molecule has 4 aromatic rings. The molecule has 290 valence electrons. The number of carbonyl (C=O) groups is 1. The number of benzene rings is 3. The number of fused-ring (bicyclic) bond motifs is 3. The quantitative estimate of drug-likeness (QED) is 0.106. The van der Waals surface area contributed by atoms with Crippen LogP contribution in [0.1, 0.15) is 44.0 Å². The predicted octanol–water partition coefficient (Wildman–Crippen LogP) is 6.57. The summed E-state index contributed by atoms with van der Waals surface area (Å²) >= 11 is 7.31. The van der Waals surface area contributed by atoms with Crippen LogP contribution in [-0.2, 0) is 26.0 Å². The number of sulfonamides is 1. The van der Waals surface area contributed by atoms with E-state index in [1.165, 1.54) is 26.2 Å². The highest BCUT2D eigenvalue weighted by atomic mass is 35.5. The Bertz CT molecular complexity index is 2090. The van der Waals surface area contributed by atoms with Crippen molar-refractivity contribution in [3.63, 3.8) is 0 Å². The van der Waals surface area contributed by atoms with Crippen LogP contribution in [0.15, 0.2) is 70.8 Å². The number of quaternary nitrogens is 1. The number of imidazole rings is 1. The molecule has 7 rings (SSSR count). The third-order valence-electron chi connectivity index (χ3n) is 10.9. The number of thioether (sulfide) groups is 1. The fourth-order valence-corrected chi connectivity index (χ4v) is 10.2. The Morgan fingerprint density at radius 2 is 1.69 bits per heavy atom. The standard InChI is InChI=1S/C38H43ClF3N5O5S2/c1-25(36(48)49)45(12-5-16-47-17-13-44(14-18-47)15-19-47)54(50,51)29-21-32(41)30(33(42)22-29)24-53-37-43-23-35(46(37)28-9-7-27(40)8-10-28)38(2,3)26-6-11-31(39)34(20-26)52-4/h6-11,20-23,25H,5,12-19,24H2,1-4H3/p+1. The van der Waals surface area contributed by atoms with Gasteiger partial charge in [-0.2, -0.15) is 4.31 Å². The van der Waals surface area contributed by atoms with Gasteiger partial charge in [0, 0.05) is 55.0 Å². The van der Waals surface area contributed by atoms with E-state index in [0.717, 1.165) is 77.5 Å². The highest BCUT2D eigenvalue weighted by molar-refractivity contribution is 7.98. The molecule has 4 heterocycles. The first-order valence-electron chi connectivity index (χ1n) is 17.7. The number of hydrogen-bond acceptors (Lipinski definition) is 7. The van der Waals surface area contributed by atoms with Crippen LogP contribution in [0.3, 0.4) is 0 Å². The average Bonchev–Trinajstić information content (AvgIpc) is 3.58. The first kappa shape index (κ1) is 40.1. The second kappa shape index (κ2) is 15.9. The Hall–Kier alpha value is -3.60. The van der Waals surface area contributed by atoms with Crippen molar-refractivity contribution in [2.45, 2.75) is 54.5 Å². The van der Waals surface area contributed by atoms with Crippen LogP contribution in [0.2, 0.25) is 5.02 Å². The molecule has 3 fully saturated rings. The van der Waals surface area contributed by atoms with Gasteiger partial charge in [-0.1, -0.05) is 43.3 Å². The monoisotopic (exact) mass is 806 g/mol. The summed E-state index contributed by atoms with van der Waals surface area (Å²) in [6.45, 7) is 11.6. The van der Waals surface area contributed by atoms with Crippen LogP contribution < -0.4 is 4.74 Å². The zero-order valence-corrected chi connectivity index (χ0v) is 33.0. The van der Waals surface area contributed by atoms with E-state index >= 15 is 8.78 Å². The van der Waals surface area contributed by atoms with Gasteiger partial charge in [-0.15, -0.1) is 0 Å². The van der Waals surface area contributed by atoms with E-state index in [2.05, 4.69) is 9.88 Å². The molecule has 3 aromatic carbocycles.